The quantitative estimate of drug-likeness (QED) is 0.683. The Morgan fingerprint density at radius 3 is 1.83 bits per heavy atom. The lowest BCUT2D eigenvalue weighted by atomic mass is 10.0. The molecule has 0 fully saturated rings. The van der Waals surface area contributed by atoms with Crippen molar-refractivity contribution in [2.75, 3.05) is 7.05 Å². The molecule has 0 radical (unpaired) electrons. The third kappa shape index (κ3) is 2.65. The van der Waals surface area contributed by atoms with E-state index in [9.17, 15) is 0 Å². The molecule has 1 aliphatic carbocycles. The monoisotopic (exact) mass is 306 g/mol. The van der Waals surface area contributed by atoms with Crippen LogP contribution in [-0.2, 0) is 0 Å². The third-order valence-electron chi connectivity index (χ3n) is 4.04. The summed E-state index contributed by atoms with van der Waals surface area (Å²) in [6, 6.07) is 15.8. The van der Waals surface area contributed by atoms with E-state index >= 15 is 0 Å². The first-order valence-corrected chi connectivity index (χ1v) is 7.80. The molecule has 2 nitrogen and oxygen atoms in total. The van der Waals surface area contributed by atoms with Crippen LogP contribution in [0.25, 0.3) is 0 Å². The fraction of sp³-hybridized carbons (Fsp3) is 0.136. The summed E-state index contributed by atoms with van der Waals surface area (Å²) in [5.41, 5.74) is 3.74. The summed E-state index contributed by atoms with van der Waals surface area (Å²) >= 11 is 0. The molecular weight excluding hydrogens is 292 g/mol. The van der Waals surface area contributed by atoms with Crippen molar-refractivity contribution in [3.05, 3.63) is 70.8 Å². The maximum Gasteiger partial charge on any atom is 0.144 e. The molecule has 0 saturated carbocycles. The van der Waals surface area contributed by atoms with E-state index in [0.717, 1.165) is 22.3 Å². The Morgan fingerprint density at radius 2 is 1.25 bits per heavy atom. The molecule has 2 heteroatoms. The number of likely N-dealkylation sites (N-methyl/N-ethyl adjacent to an activating group) is 1. The summed E-state index contributed by atoms with van der Waals surface area (Å²) < 4.78 is 0. The van der Waals surface area contributed by atoms with Crippen molar-refractivity contribution < 1.29 is 0 Å². The van der Waals surface area contributed by atoms with E-state index < -0.39 is 0 Å². The second kappa shape index (κ2) is 6.00. The number of nitrogens with zero attached hydrogens (tertiary/aromatic N) is 2. The van der Waals surface area contributed by atoms with Crippen molar-refractivity contribution in [3.8, 4) is 35.5 Å². The molecule has 0 spiro atoms. The molecule has 1 aliphatic heterocycles. The molecule has 0 bridgehead atoms. The molecule has 2 aromatic rings. The van der Waals surface area contributed by atoms with E-state index in [0.29, 0.717) is 0 Å². The molecule has 0 amide bonds. The maximum atomic E-state index is 4.48. The summed E-state index contributed by atoms with van der Waals surface area (Å²) in [6.45, 7) is 0. The molecule has 0 saturated heterocycles. The normalized spacial score (nSPS) is 19.6. The van der Waals surface area contributed by atoms with Gasteiger partial charge in [-0.25, -0.2) is 0 Å². The van der Waals surface area contributed by atoms with E-state index in [1.54, 1.807) is 0 Å². The number of benzene rings is 2. The van der Waals surface area contributed by atoms with E-state index in [2.05, 4.69) is 40.5 Å². The van der Waals surface area contributed by atoms with E-state index in [1.807, 2.05) is 66.8 Å². The lowest BCUT2D eigenvalue weighted by Gasteiger charge is -2.16. The van der Waals surface area contributed by atoms with E-state index in [1.165, 1.54) is 0 Å². The highest BCUT2D eigenvalue weighted by Crippen LogP contribution is 2.14. The zero-order chi connectivity index (χ0) is 16.4. The highest BCUT2D eigenvalue weighted by atomic mass is 15.2. The second-order valence-electron chi connectivity index (χ2n) is 5.70. The van der Waals surface area contributed by atoms with Crippen LogP contribution in [-0.4, -0.2) is 30.4 Å². The average Bonchev–Trinajstić information content (AvgIpc) is 2.96. The number of hydrogen-bond acceptors (Lipinski definition) is 2. The van der Waals surface area contributed by atoms with Gasteiger partial charge in [-0.15, -0.1) is 0 Å². The Bertz CT molecular complexity index is 1010. The minimum Gasteiger partial charge on any atom is -0.349 e. The van der Waals surface area contributed by atoms with Gasteiger partial charge in [-0.3, -0.25) is 4.99 Å². The molecule has 2 unspecified atom stereocenters. The van der Waals surface area contributed by atoms with Crippen LogP contribution in [0.3, 0.4) is 0 Å². The second-order valence-corrected chi connectivity index (χ2v) is 5.70. The van der Waals surface area contributed by atoms with Gasteiger partial charge in [-0.1, -0.05) is 59.8 Å². The van der Waals surface area contributed by atoms with Gasteiger partial charge < -0.3 is 4.90 Å². The van der Waals surface area contributed by atoms with E-state index in [-0.39, 0.29) is 12.1 Å². The highest BCUT2D eigenvalue weighted by molar-refractivity contribution is 5.63. The number of aliphatic imine (C=N–C) groups is 1. The topological polar surface area (TPSA) is 15.6 Å². The number of rotatable bonds is 0. The lowest BCUT2D eigenvalue weighted by Crippen LogP contribution is -2.31. The van der Waals surface area contributed by atoms with Crippen molar-refractivity contribution >= 4 is 6.34 Å². The number of fused-ring (bicyclic) bond motifs is 3. The number of hydrogen-bond donors (Lipinski definition) is 0. The van der Waals surface area contributed by atoms with Gasteiger partial charge in [-0.05, 0) is 24.3 Å². The highest BCUT2D eigenvalue weighted by Gasteiger charge is 2.25. The molecular formula is C22H14N2. The van der Waals surface area contributed by atoms with Crippen LogP contribution in [0.5, 0.6) is 0 Å². The van der Waals surface area contributed by atoms with Crippen molar-refractivity contribution in [2.45, 2.75) is 12.1 Å². The van der Waals surface area contributed by atoms with Gasteiger partial charge in [0, 0.05) is 29.3 Å². The van der Waals surface area contributed by atoms with Gasteiger partial charge >= 0.3 is 0 Å². The molecule has 0 N–H and O–H groups in total. The van der Waals surface area contributed by atoms with Crippen LogP contribution in [0.4, 0.5) is 0 Å². The molecule has 2 aromatic carbocycles. The van der Waals surface area contributed by atoms with Crippen molar-refractivity contribution in [1.29, 1.82) is 0 Å². The van der Waals surface area contributed by atoms with Crippen LogP contribution in [0, 0.1) is 35.5 Å². The van der Waals surface area contributed by atoms with Crippen molar-refractivity contribution in [3.63, 3.8) is 0 Å². The minimum absolute atomic E-state index is 0.0369. The fourth-order valence-corrected chi connectivity index (χ4v) is 2.69. The standard InChI is InChI=1S/C22H14N2/c1-24-16-23-21-14-12-19-8-4-2-6-17(19)10-11-18-7-3-5-9-20(18)13-15-22(21)24/h2-9,16,21-22H,1H3. The first-order valence-electron chi connectivity index (χ1n) is 7.80. The van der Waals surface area contributed by atoms with Crippen LogP contribution < -0.4 is 0 Å². The van der Waals surface area contributed by atoms with Crippen molar-refractivity contribution in [2.24, 2.45) is 4.99 Å². The predicted octanol–water partition coefficient (Wildman–Crippen LogP) is 2.51. The first kappa shape index (κ1) is 14.2. The van der Waals surface area contributed by atoms with Crippen LogP contribution in [0.2, 0.25) is 0 Å². The summed E-state index contributed by atoms with van der Waals surface area (Å²) in [5, 5.41) is 0. The maximum absolute atomic E-state index is 4.48. The average molecular weight is 306 g/mol. The van der Waals surface area contributed by atoms with Gasteiger partial charge in [0.05, 0.1) is 6.34 Å². The first-order chi connectivity index (χ1) is 11.8. The summed E-state index contributed by atoms with van der Waals surface area (Å²) in [4.78, 5) is 6.50. The summed E-state index contributed by atoms with van der Waals surface area (Å²) in [7, 11) is 1.98. The minimum atomic E-state index is -0.143. The van der Waals surface area contributed by atoms with Gasteiger partial charge in [0.1, 0.15) is 12.1 Å². The molecule has 2 aliphatic rings. The van der Waals surface area contributed by atoms with Gasteiger partial charge in [-0.2, -0.15) is 0 Å². The zero-order valence-corrected chi connectivity index (χ0v) is 13.2. The van der Waals surface area contributed by atoms with Gasteiger partial charge in [0.25, 0.3) is 0 Å². The van der Waals surface area contributed by atoms with Crippen LogP contribution >= 0.6 is 0 Å². The predicted molar refractivity (Wildman–Crippen MR) is 96.5 cm³/mol. The third-order valence-corrected chi connectivity index (χ3v) is 4.04. The molecule has 2 atom stereocenters. The SMILES string of the molecule is CN1C=NC2C#Cc3ccccc3C#Cc3ccccc3C#CC21. The van der Waals surface area contributed by atoms with Crippen molar-refractivity contribution in [1.82, 2.24) is 4.90 Å². The largest absolute Gasteiger partial charge is 0.349 e. The van der Waals surface area contributed by atoms with Crippen LogP contribution in [0.15, 0.2) is 53.5 Å². The Morgan fingerprint density at radius 1 is 0.750 bits per heavy atom. The Hall–Kier alpha value is -3.41. The van der Waals surface area contributed by atoms with E-state index in [4.69, 9.17) is 0 Å². The summed E-state index contributed by atoms with van der Waals surface area (Å²) in [6.07, 6.45) is 1.81. The Labute approximate surface area is 142 Å². The van der Waals surface area contributed by atoms with Gasteiger partial charge in [0.2, 0.25) is 0 Å². The Kier molecular flexibility index (Phi) is 3.55. The molecule has 1 heterocycles. The zero-order valence-electron chi connectivity index (χ0n) is 13.2. The van der Waals surface area contributed by atoms with Crippen LogP contribution in [0.1, 0.15) is 22.3 Å². The smallest absolute Gasteiger partial charge is 0.144 e. The molecule has 112 valence electrons. The molecule has 0 aromatic heterocycles. The lowest BCUT2D eigenvalue weighted by molar-refractivity contribution is 0.465. The fourth-order valence-electron chi connectivity index (χ4n) is 2.69. The Balaban J connectivity index is 1.93. The summed E-state index contributed by atoms with van der Waals surface area (Å²) in [5.74, 6) is 19.5. The molecule has 24 heavy (non-hydrogen) atoms. The van der Waals surface area contributed by atoms with Gasteiger partial charge in [0.15, 0.2) is 0 Å². The molecule has 4 rings (SSSR count).